The van der Waals surface area contributed by atoms with Gasteiger partial charge in [0.1, 0.15) is 11.5 Å². The average molecular weight is 241 g/mol. The minimum atomic E-state index is -0.566. The predicted octanol–water partition coefficient (Wildman–Crippen LogP) is -0.121. The van der Waals surface area contributed by atoms with E-state index in [-0.39, 0.29) is 16.4 Å². The second-order valence-corrected chi connectivity index (χ2v) is 3.27. The summed E-state index contributed by atoms with van der Waals surface area (Å²) in [6.45, 7) is 0. The fourth-order valence-corrected chi connectivity index (χ4v) is 1.06. The number of thiocarbonyl (C=S) groups is 1. The Bertz CT molecular complexity index is 422. The molecule has 0 aliphatic carbocycles. The van der Waals surface area contributed by atoms with Crippen LogP contribution in [-0.4, -0.2) is 23.2 Å². The summed E-state index contributed by atoms with van der Waals surface area (Å²) >= 11 is 4.51. The largest absolute Gasteiger partial charge is 0.507 e. The third-order valence-electron chi connectivity index (χ3n) is 1.75. The Morgan fingerprint density at radius 3 is 2.75 bits per heavy atom. The van der Waals surface area contributed by atoms with E-state index in [0.29, 0.717) is 5.75 Å². The lowest BCUT2D eigenvalue weighted by Gasteiger charge is -2.08. The number of hydrogen-bond donors (Lipinski definition) is 4. The maximum Gasteiger partial charge on any atom is 0.273 e. The second kappa shape index (κ2) is 5.17. The van der Waals surface area contributed by atoms with Crippen molar-refractivity contribution in [2.45, 2.75) is 0 Å². The SMILES string of the molecule is COc1ccc(O)c(C(=O)NNC(N)=S)c1. The van der Waals surface area contributed by atoms with E-state index in [9.17, 15) is 9.90 Å². The Labute approximate surface area is 97.4 Å². The van der Waals surface area contributed by atoms with Crippen LogP contribution in [0.2, 0.25) is 0 Å². The minimum Gasteiger partial charge on any atom is -0.507 e. The van der Waals surface area contributed by atoms with Gasteiger partial charge in [0, 0.05) is 0 Å². The van der Waals surface area contributed by atoms with Crippen LogP contribution in [0.4, 0.5) is 0 Å². The summed E-state index contributed by atoms with van der Waals surface area (Å²) in [5.41, 5.74) is 9.68. The highest BCUT2D eigenvalue weighted by Gasteiger charge is 2.11. The number of phenolic OH excluding ortho intramolecular Hbond substituents is 1. The number of nitrogens with one attached hydrogen (secondary N) is 2. The molecule has 86 valence electrons. The quantitative estimate of drug-likeness (QED) is 0.426. The highest BCUT2D eigenvalue weighted by Crippen LogP contribution is 2.22. The molecule has 6 nitrogen and oxygen atoms in total. The number of benzene rings is 1. The molecule has 16 heavy (non-hydrogen) atoms. The molecule has 0 unspecified atom stereocenters. The van der Waals surface area contributed by atoms with E-state index in [1.54, 1.807) is 0 Å². The lowest BCUT2D eigenvalue weighted by molar-refractivity contribution is 0.0941. The van der Waals surface area contributed by atoms with Crippen LogP contribution in [0.5, 0.6) is 11.5 Å². The summed E-state index contributed by atoms with van der Waals surface area (Å²) in [6.07, 6.45) is 0. The number of ether oxygens (including phenoxy) is 1. The predicted molar refractivity (Wildman–Crippen MR) is 62.0 cm³/mol. The van der Waals surface area contributed by atoms with Gasteiger partial charge < -0.3 is 15.6 Å². The molecule has 0 spiro atoms. The van der Waals surface area contributed by atoms with Crippen LogP contribution in [0.15, 0.2) is 18.2 Å². The van der Waals surface area contributed by atoms with E-state index in [1.165, 1.54) is 25.3 Å². The summed E-state index contributed by atoms with van der Waals surface area (Å²) < 4.78 is 4.92. The summed E-state index contributed by atoms with van der Waals surface area (Å²) in [6, 6.07) is 4.29. The number of hydrogen-bond acceptors (Lipinski definition) is 4. The Morgan fingerprint density at radius 2 is 2.19 bits per heavy atom. The smallest absolute Gasteiger partial charge is 0.273 e. The van der Waals surface area contributed by atoms with Gasteiger partial charge in [-0.15, -0.1) is 0 Å². The first kappa shape index (κ1) is 12.1. The summed E-state index contributed by atoms with van der Waals surface area (Å²) in [5, 5.41) is 9.38. The molecule has 0 saturated heterocycles. The molecule has 0 heterocycles. The molecular weight excluding hydrogens is 230 g/mol. The first-order valence-electron chi connectivity index (χ1n) is 4.27. The van der Waals surface area contributed by atoms with Crippen LogP contribution in [0.1, 0.15) is 10.4 Å². The molecule has 1 aromatic carbocycles. The first-order valence-corrected chi connectivity index (χ1v) is 4.68. The lowest BCUT2D eigenvalue weighted by Crippen LogP contribution is -2.44. The third-order valence-corrected chi connectivity index (χ3v) is 1.85. The molecule has 5 N–H and O–H groups in total. The van der Waals surface area contributed by atoms with Gasteiger partial charge in [0.25, 0.3) is 5.91 Å². The Balaban J connectivity index is 2.85. The Kier molecular flexibility index (Phi) is 3.90. The Morgan fingerprint density at radius 1 is 1.50 bits per heavy atom. The molecule has 1 aromatic rings. The van der Waals surface area contributed by atoms with E-state index in [0.717, 1.165) is 0 Å². The van der Waals surface area contributed by atoms with Gasteiger partial charge >= 0.3 is 0 Å². The molecular formula is C9H11N3O3S. The van der Waals surface area contributed by atoms with Crippen LogP contribution < -0.4 is 21.3 Å². The van der Waals surface area contributed by atoms with Gasteiger partial charge in [0.2, 0.25) is 0 Å². The molecule has 0 saturated carbocycles. The van der Waals surface area contributed by atoms with Crippen LogP contribution in [0.25, 0.3) is 0 Å². The van der Waals surface area contributed by atoms with E-state index in [1.807, 2.05) is 0 Å². The van der Waals surface area contributed by atoms with Crippen LogP contribution in [0.3, 0.4) is 0 Å². The molecule has 0 aromatic heterocycles. The van der Waals surface area contributed by atoms with E-state index in [2.05, 4.69) is 23.1 Å². The van der Waals surface area contributed by atoms with E-state index in [4.69, 9.17) is 10.5 Å². The Hall–Kier alpha value is -2.02. The monoisotopic (exact) mass is 241 g/mol. The molecule has 7 heteroatoms. The molecule has 0 fully saturated rings. The molecule has 1 amide bonds. The number of aromatic hydroxyl groups is 1. The number of hydrazine groups is 1. The zero-order valence-electron chi connectivity index (χ0n) is 8.48. The van der Waals surface area contributed by atoms with Crippen molar-refractivity contribution in [2.75, 3.05) is 7.11 Å². The number of rotatable bonds is 2. The number of amides is 1. The maximum absolute atomic E-state index is 11.5. The van der Waals surface area contributed by atoms with Gasteiger partial charge in [-0.1, -0.05) is 0 Å². The van der Waals surface area contributed by atoms with Gasteiger partial charge in [0.15, 0.2) is 5.11 Å². The average Bonchev–Trinajstić information content (AvgIpc) is 2.26. The number of carbonyl (C=O) groups excluding carboxylic acids is 1. The van der Waals surface area contributed by atoms with Crippen LogP contribution in [-0.2, 0) is 0 Å². The van der Waals surface area contributed by atoms with Crippen molar-refractivity contribution in [1.29, 1.82) is 0 Å². The van der Waals surface area contributed by atoms with Crippen molar-refractivity contribution in [3.63, 3.8) is 0 Å². The first-order chi connectivity index (χ1) is 7.54. The van der Waals surface area contributed by atoms with Crippen LogP contribution in [0, 0.1) is 0 Å². The number of phenols is 1. The van der Waals surface area contributed by atoms with Gasteiger partial charge in [0.05, 0.1) is 12.7 Å². The summed E-state index contributed by atoms with van der Waals surface area (Å²) in [7, 11) is 1.46. The zero-order chi connectivity index (χ0) is 12.1. The lowest BCUT2D eigenvalue weighted by atomic mass is 10.2. The summed E-state index contributed by atoms with van der Waals surface area (Å²) in [4.78, 5) is 11.5. The molecule has 0 aliphatic rings. The fraction of sp³-hybridized carbons (Fsp3) is 0.111. The molecule has 0 aliphatic heterocycles. The number of carbonyl (C=O) groups is 1. The number of methoxy groups -OCH3 is 1. The van der Waals surface area contributed by atoms with Crippen molar-refractivity contribution in [2.24, 2.45) is 5.73 Å². The second-order valence-electron chi connectivity index (χ2n) is 2.83. The fourth-order valence-electron chi connectivity index (χ4n) is 1.01. The van der Waals surface area contributed by atoms with Gasteiger partial charge in [-0.2, -0.15) is 0 Å². The number of nitrogens with two attached hydrogens (primary N) is 1. The van der Waals surface area contributed by atoms with Gasteiger partial charge in [-0.05, 0) is 30.4 Å². The third kappa shape index (κ3) is 2.99. The van der Waals surface area contributed by atoms with Crippen LogP contribution >= 0.6 is 12.2 Å². The van der Waals surface area contributed by atoms with Crippen molar-refractivity contribution < 1.29 is 14.6 Å². The highest BCUT2D eigenvalue weighted by atomic mass is 32.1. The van der Waals surface area contributed by atoms with Gasteiger partial charge in [-0.3, -0.25) is 15.6 Å². The molecule has 0 bridgehead atoms. The van der Waals surface area contributed by atoms with E-state index >= 15 is 0 Å². The standard InChI is InChI=1S/C9H11N3O3S/c1-15-5-2-3-7(13)6(4-5)8(14)11-12-9(10)16/h2-4,13H,1H3,(H,11,14)(H3,10,12,16). The van der Waals surface area contributed by atoms with Crippen molar-refractivity contribution in [1.82, 2.24) is 10.9 Å². The molecule has 1 rings (SSSR count). The highest BCUT2D eigenvalue weighted by molar-refractivity contribution is 7.80. The normalized spacial score (nSPS) is 9.31. The van der Waals surface area contributed by atoms with E-state index < -0.39 is 5.91 Å². The zero-order valence-corrected chi connectivity index (χ0v) is 9.30. The van der Waals surface area contributed by atoms with Crippen molar-refractivity contribution in [3.05, 3.63) is 23.8 Å². The molecule has 0 atom stereocenters. The van der Waals surface area contributed by atoms with Crippen molar-refractivity contribution >= 4 is 23.2 Å². The summed E-state index contributed by atoms with van der Waals surface area (Å²) in [5.74, 6) is -0.273. The van der Waals surface area contributed by atoms with Crippen molar-refractivity contribution in [3.8, 4) is 11.5 Å². The topological polar surface area (TPSA) is 96.6 Å². The molecule has 0 radical (unpaired) electrons. The maximum atomic E-state index is 11.5. The van der Waals surface area contributed by atoms with Gasteiger partial charge in [-0.25, -0.2) is 0 Å². The minimum absolute atomic E-state index is 0.0584.